The average Bonchev–Trinajstić information content (AvgIpc) is 3.01. The third kappa shape index (κ3) is 3.56. The van der Waals surface area contributed by atoms with Gasteiger partial charge in [-0.1, -0.05) is 30.3 Å². The number of benzene rings is 1. The number of hydrogen-bond donors (Lipinski definition) is 1. The second-order valence-corrected chi connectivity index (χ2v) is 7.07. The smallest absolute Gasteiger partial charge is 0.0133 e. The van der Waals surface area contributed by atoms with E-state index in [9.17, 15) is 0 Å². The molecule has 1 N–H and O–H groups in total. The van der Waals surface area contributed by atoms with Crippen molar-refractivity contribution in [1.82, 2.24) is 5.32 Å². The number of fused-ring (bicyclic) bond motifs is 1. The lowest BCUT2D eigenvalue weighted by Gasteiger charge is -2.30. The molecule has 0 aliphatic heterocycles. The number of hydrogen-bond acceptors (Lipinski definition) is 2. The second-order valence-electron chi connectivity index (χ2n) is 6.07. The van der Waals surface area contributed by atoms with Crippen molar-refractivity contribution in [2.24, 2.45) is 0 Å². The Hall–Kier alpha value is -1.12. The van der Waals surface area contributed by atoms with Gasteiger partial charge in [0.2, 0.25) is 0 Å². The number of nitrogens with one attached hydrogen (secondary N) is 1. The van der Waals surface area contributed by atoms with Crippen LogP contribution in [0.2, 0.25) is 0 Å². The van der Waals surface area contributed by atoms with Crippen LogP contribution in [0.25, 0.3) is 0 Å². The summed E-state index contributed by atoms with van der Waals surface area (Å²) in [7, 11) is 2.13. The van der Waals surface area contributed by atoms with Crippen molar-refractivity contribution in [3.63, 3.8) is 0 Å². The number of likely N-dealkylation sites (N-methyl/N-ethyl adjacent to an activating group) is 1. The van der Waals surface area contributed by atoms with Gasteiger partial charge in [-0.25, -0.2) is 0 Å². The molecule has 0 saturated carbocycles. The highest BCUT2D eigenvalue weighted by molar-refractivity contribution is 7.10. The summed E-state index contributed by atoms with van der Waals surface area (Å²) in [4.78, 5) is 1.63. The maximum atomic E-state index is 3.59. The van der Waals surface area contributed by atoms with Crippen molar-refractivity contribution >= 4 is 11.3 Å². The molecular weight excluding hydrogens is 274 g/mol. The lowest BCUT2D eigenvalue weighted by atomic mass is 9.80. The molecule has 2 atom stereocenters. The maximum Gasteiger partial charge on any atom is 0.0133 e. The van der Waals surface area contributed by atoms with E-state index in [1.165, 1.54) is 44.1 Å². The topological polar surface area (TPSA) is 12.0 Å². The molecule has 0 fully saturated rings. The minimum absolute atomic E-state index is 0.627. The molecule has 0 spiro atoms. The van der Waals surface area contributed by atoms with E-state index in [-0.39, 0.29) is 0 Å². The number of rotatable bonds is 6. The van der Waals surface area contributed by atoms with Gasteiger partial charge >= 0.3 is 0 Å². The minimum Gasteiger partial charge on any atom is -0.316 e. The van der Waals surface area contributed by atoms with E-state index in [0.29, 0.717) is 6.04 Å². The van der Waals surface area contributed by atoms with E-state index in [4.69, 9.17) is 0 Å². The van der Waals surface area contributed by atoms with Crippen molar-refractivity contribution in [3.05, 3.63) is 57.8 Å². The molecule has 0 saturated heterocycles. The van der Waals surface area contributed by atoms with E-state index in [1.54, 1.807) is 10.4 Å². The van der Waals surface area contributed by atoms with Gasteiger partial charge in [0.15, 0.2) is 0 Å². The molecule has 1 aromatic carbocycles. The zero-order chi connectivity index (χ0) is 14.5. The zero-order valence-corrected chi connectivity index (χ0v) is 13.7. The van der Waals surface area contributed by atoms with E-state index >= 15 is 0 Å². The Morgan fingerprint density at radius 3 is 2.90 bits per heavy atom. The van der Waals surface area contributed by atoms with Gasteiger partial charge in [0, 0.05) is 16.8 Å². The highest BCUT2D eigenvalue weighted by Gasteiger charge is 2.27. The first-order valence-corrected chi connectivity index (χ1v) is 9.04. The Kier molecular flexibility index (Phi) is 5.10. The van der Waals surface area contributed by atoms with Gasteiger partial charge in [-0.15, -0.1) is 11.3 Å². The predicted octanol–water partition coefficient (Wildman–Crippen LogP) is 4.78. The van der Waals surface area contributed by atoms with Crippen molar-refractivity contribution in [2.45, 2.75) is 50.5 Å². The Balaban J connectivity index is 1.59. The molecule has 0 radical (unpaired) electrons. The molecule has 21 heavy (non-hydrogen) atoms. The molecule has 2 unspecified atom stereocenters. The molecule has 1 aliphatic carbocycles. The monoisotopic (exact) mass is 299 g/mol. The summed E-state index contributed by atoms with van der Waals surface area (Å²) in [6, 6.07) is 13.9. The fourth-order valence-electron chi connectivity index (χ4n) is 3.66. The predicted molar refractivity (Wildman–Crippen MR) is 92.2 cm³/mol. The SMILES string of the molecule is CNC(CCCc1ccccc1)C1CCCc2sccc21. The summed E-state index contributed by atoms with van der Waals surface area (Å²) in [5.74, 6) is 0.723. The van der Waals surface area contributed by atoms with Gasteiger partial charge < -0.3 is 5.32 Å². The van der Waals surface area contributed by atoms with Crippen LogP contribution in [-0.4, -0.2) is 13.1 Å². The molecule has 0 bridgehead atoms. The van der Waals surface area contributed by atoms with Crippen LogP contribution in [0, 0.1) is 0 Å². The minimum atomic E-state index is 0.627. The van der Waals surface area contributed by atoms with E-state index < -0.39 is 0 Å². The van der Waals surface area contributed by atoms with Gasteiger partial charge in [0.05, 0.1) is 0 Å². The zero-order valence-electron chi connectivity index (χ0n) is 12.8. The third-order valence-electron chi connectivity index (χ3n) is 4.78. The summed E-state index contributed by atoms with van der Waals surface area (Å²) in [6.45, 7) is 0. The van der Waals surface area contributed by atoms with Crippen molar-refractivity contribution in [1.29, 1.82) is 0 Å². The lowest BCUT2D eigenvalue weighted by molar-refractivity contribution is 0.388. The van der Waals surface area contributed by atoms with Gasteiger partial charge in [-0.05, 0) is 68.1 Å². The van der Waals surface area contributed by atoms with Crippen LogP contribution in [0.4, 0.5) is 0 Å². The van der Waals surface area contributed by atoms with Crippen LogP contribution in [0.15, 0.2) is 41.8 Å². The summed E-state index contributed by atoms with van der Waals surface area (Å²) in [6.07, 6.45) is 7.73. The molecule has 0 amide bonds. The molecule has 1 heterocycles. The summed E-state index contributed by atoms with van der Waals surface area (Å²) < 4.78 is 0. The normalized spacial score (nSPS) is 19.2. The van der Waals surface area contributed by atoms with E-state index in [2.05, 4.69) is 54.1 Å². The van der Waals surface area contributed by atoms with Crippen LogP contribution in [-0.2, 0) is 12.8 Å². The van der Waals surface area contributed by atoms with Crippen LogP contribution in [0.3, 0.4) is 0 Å². The number of thiophene rings is 1. The summed E-state index contributed by atoms with van der Waals surface area (Å²) in [5, 5.41) is 5.87. The van der Waals surface area contributed by atoms with E-state index in [1.807, 2.05) is 11.3 Å². The molecule has 3 rings (SSSR count). The van der Waals surface area contributed by atoms with Gasteiger partial charge in [-0.3, -0.25) is 0 Å². The number of aryl methyl sites for hydroxylation is 2. The molecule has 1 aromatic heterocycles. The molecule has 2 heteroatoms. The molecule has 1 nitrogen and oxygen atoms in total. The van der Waals surface area contributed by atoms with Crippen LogP contribution in [0.1, 0.15) is 47.6 Å². The Morgan fingerprint density at radius 1 is 1.24 bits per heavy atom. The van der Waals surface area contributed by atoms with Gasteiger partial charge in [-0.2, -0.15) is 0 Å². The Morgan fingerprint density at radius 2 is 2.10 bits per heavy atom. The first-order valence-electron chi connectivity index (χ1n) is 8.16. The van der Waals surface area contributed by atoms with Crippen LogP contribution >= 0.6 is 11.3 Å². The Bertz CT molecular complexity index is 546. The quantitative estimate of drug-likeness (QED) is 0.809. The van der Waals surface area contributed by atoms with Crippen molar-refractivity contribution in [2.75, 3.05) is 7.05 Å². The first kappa shape index (κ1) is 14.8. The fourth-order valence-corrected chi connectivity index (χ4v) is 4.65. The standard InChI is InChI=1S/C19H25NS/c1-20-18(11-5-9-15-7-3-2-4-8-15)16-10-6-12-19-17(16)13-14-21-19/h2-4,7-8,13-14,16,18,20H,5-6,9-12H2,1H3. The highest BCUT2D eigenvalue weighted by atomic mass is 32.1. The molecule has 2 aromatic rings. The third-order valence-corrected chi connectivity index (χ3v) is 5.77. The lowest BCUT2D eigenvalue weighted by Crippen LogP contribution is -2.33. The molecule has 1 aliphatic rings. The van der Waals surface area contributed by atoms with Gasteiger partial charge in [0.1, 0.15) is 0 Å². The summed E-state index contributed by atoms with van der Waals surface area (Å²) in [5.41, 5.74) is 3.09. The molecule has 112 valence electrons. The van der Waals surface area contributed by atoms with Crippen molar-refractivity contribution in [3.8, 4) is 0 Å². The Labute approximate surface area is 132 Å². The summed E-state index contributed by atoms with van der Waals surface area (Å²) >= 11 is 1.95. The largest absolute Gasteiger partial charge is 0.316 e. The van der Waals surface area contributed by atoms with E-state index in [0.717, 1.165) is 5.92 Å². The average molecular weight is 299 g/mol. The second kappa shape index (κ2) is 7.24. The first-order chi connectivity index (χ1) is 10.4. The highest BCUT2D eigenvalue weighted by Crippen LogP contribution is 2.38. The van der Waals surface area contributed by atoms with Crippen LogP contribution < -0.4 is 5.32 Å². The van der Waals surface area contributed by atoms with Crippen LogP contribution in [0.5, 0.6) is 0 Å². The fraction of sp³-hybridized carbons (Fsp3) is 0.474. The maximum absolute atomic E-state index is 3.59. The molecular formula is C19H25NS. The van der Waals surface area contributed by atoms with Crippen molar-refractivity contribution < 1.29 is 0 Å². The van der Waals surface area contributed by atoms with Gasteiger partial charge in [0.25, 0.3) is 0 Å².